The first-order chi connectivity index (χ1) is 13.6. The minimum atomic E-state index is -0.536. The van der Waals surface area contributed by atoms with Crippen LogP contribution in [-0.2, 0) is 4.74 Å². The average Bonchev–Trinajstić information content (AvgIpc) is 3.09. The van der Waals surface area contributed by atoms with Crippen LogP contribution in [0.3, 0.4) is 0 Å². The number of halogens is 1. The Morgan fingerprint density at radius 2 is 1.68 bits per heavy atom. The number of benzene rings is 2. The topological polar surface area (TPSA) is 73.4 Å². The van der Waals surface area contributed by atoms with Crippen LogP contribution in [0.25, 0.3) is 33.2 Å². The number of carbonyl (C=O) groups is 1. The quantitative estimate of drug-likeness (QED) is 0.499. The van der Waals surface area contributed by atoms with Gasteiger partial charge in [-0.05, 0) is 36.4 Å². The number of nitrogens with one attached hydrogen (secondary N) is 1. The minimum absolute atomic E-state index is 0.225. The summed E-state index contributed by atoms with van der Waals surface area (Å²) in [4.78, 5) is 20.5. The number of rotatable bonds is 4. The van der Waals surface area contributed by atoms with Crippen molar-refractivity contribution >= 4 is 39.5 Å². The fraction of sp³-hybridized carbons (Fsp3) is 0.143. The third-order valence-corrected chi connectivity index (χ3v) is 5.00. The van der Waals surface area contributed by atoms with E-state index in [1.807, 2.05) is 42.5 Å². The van der Waals surface area contributed by atoms with Crippen LogP contribution in [0, 0.1) is 0 Å². The first kappa shape index (κ1) is 18.1. The number of aromatic amines is 1. The Bertz CT molecular complexity index is 1200. The van der Waals surface area contributed by atoms with E-state index in [4.69, 9.17) is 30.8 Å². The summed E-state index contributed by atoms with van der Waals surface area (Å²) in [7, 11) is 4.52. The Morgan fingerprint density at radius 1 is 1.00 bits per heavy atom. The standard InChI is InChI=1S/C21H17ClN2O4/c1-26-12-6-4-11(5-7-12)18-17(22)16(21(25)28-3)20-19(24-18)14-9-8-13(27-2)10-15(14)23-20/h4-10,23H,1-3H3. The van der Waals surface area contributed by atoms with Gasteiger partial charge in [-0.15, -0.1) is 0 Å². The van der Waals surface area contributed by atoms with Gasteiger partial charge < -0.3 is 19.2 Å². The number of aromatic nitrogens is 2. The maximum atomic E-state index is 12.5. The van der Waals surface area contributed by atoms with Crippen LogP contribution in [0.4, 0.5) is 0 Å². The molecule has 0 aliphatic rings. The molecule has 0 radical (unpaired) electrons. The van der Waals surface area contributed by atoms with Crippen molar-refractivity contribution < 1.29 is 19.0 Å². The zero-order valence-electron chi connectivity index (χ0n) is 15.5. The highest BCUT2D eigenvalue weighted by molar-refractivity contribution is 6.38. The summed E-state index contributed by atoms with van der Waals surface area (Å²) in [5.41, 5.74) is 3.45. The number of esters is 1. The molecular weight excluding hydrogens is 380 g/mol. The number of hydrogen-bond acceptors (Lipinski definition) is 5. The minimum Gasteiger partial charge on any atom is -0.497 e. The second-order valence-corrected chi connectivity index (χ2v) is 6.51. The van der Waals surface area contributed by atoms with Crippen molar-refractivity contribution in [2.24, 2.45) is 0 Å². The Hall–Kier alpha value is -3.25. The van der Waals surface area contributed by atoms with E-state index in [9.17, 15) is 4.79 Å². The third-order valence-electron chi connectivity index (χ3n) is 4.63. The molecule has 2 heterocycles. The van der Waals surface area contributed by atoms with Gasteiger partial charge in [0.25, 0.3) is 0 Å². The number of hydrogen-bond donors (Lipinski definition) is 1. The number of fused-ring (bicyclic) bond motifs is 3. The molecular formula is C21H17ClN2O4. The first-order valence-corrected chi connectivity index (χ1v) is 8.86. The fourth-order valence-electron chi connectivity index (χ4n) is 3.21. The predicted octanol–water partition coefficient (Wildman–Crippen LogP) is 4.84. The van der Waals surface area contributed by atoms with Crippen molar-refractivity contribution in [2.75, 3.05) is 21.3 Å². The average molecular weight is 397 g/mol. The van der Waals surface area contributed by atoms with Crippen LogP contribution >= 0.6 is 11.6 Å². The van der Waals surface area contributed by atoms with Gasteiger partial charge in [0, 0.05) is 17.0 Å². The lowest BCUT2D eigenvalue weighted by molar-refractivity contribution is 0.0603. The number of carbonyl (C=O) groups excluding carboxylic acids is 1. The molecule has 0 fully saturated rings. The van der Waals surface area contributed by atoms with Gasteiger partial charge in [0.1, 0.15) is 17.1 Å². The van der Waals surface area contributed by atoms with E-state index < -0.39 is 5.97 Å². The van der Waals surface area contributed by atoms with Gasteiger partial charge in [0.05, 0.1) is 48.6 Å². The Labute approximate surface area is 166 Å². The number of methoxy groups -OCH3 is 3. The molecule has 4 aromatic rings. The summed E-state index contributed by atoms with van der Waals surface area (Å²) in [5, 5.41) is 1.08. The molecule has 7 heteroatoms. The SMILES string of the molecule is COC(=O)c1c(Cl)c(-c2ccc(OC)cc2)nc2c1[nH]c1cc(OC)ccc12. The second-order valence-electron chi connectivity index (χ2n) is 6.13. The van der Waals surface area contributed by atoms with E-state index in [0.717, 1.165) is 16.5 Å². The summed E-state index contributed by atoms with van der Waals surface area (Å²) in [6, 6.07) is 12.9. The lowest BCUT2D eigenvalue weighted by Gasteiger charge is -2.10. The van der Waals surface area contributed by atoms with E-state index >= 15 is 0 Å². The fourth-order valence-corrected chi connectivity index (χ4v) is 3.53. The Balaban J connectivity index is 2.06. The molecule has 0 aliphatic heterocycles. The zero-order valence-corrected chi connectivity index (χ0v) is 16.3. The molecule has 28 heavy (non-hydrogen) atoms. The zero-order chi connectivity index (χ0) is 19.8. The summed E-state index contributed by atoms with van der Waals surface area (Å²) in [6.45, 7) is 0. The van der Waals surface area contributed by atoms with Gasteiger partial charge in [-0.1, -0.05) is 11.6 Å². The largest absolute Gasteiger partial charge is 0.497 e. The van der Waals surface area contributed by atoms with Crippen LogP contribution in [0.2, 0.25) is 5.02 Å². The molecule has 0 atom stereocenters. The molecule has 2 aromatic carbocycles. The number of nitrogens with zero attached hydrogens (tertiary/aromatic N) is 1. The molecule has 0 saturated carbocycles. The van der Waals surface area contributed by atoms with E-state index in [-0.39, 0.29) is 10.6 Å². The highest BCUT2D eigenvalue weighted by atomic mass is 35.5. The second kappa shape index (κ2) is 7.05. The molecule has 142 valence electrons. The monoisotopic (exact) mass is 396 g/mol. The third kappa shape index (κ3) is 2.82. The molecule has 1 N–H and O–H groups in total. The van der Waals surface area contributed by atoms with Gasteiger partial charge in [-0.2, -0.15) is 0 Å². The summed E-state index contributed by atoms with van der Waals surface area (Å²) >= 11 is 6.62. The molecule has 2 aromatic heterocycles. The van der Waals surface area contributed by atoms with Gasteiger partial charge in [0.2, 0.25) is 0 Å². The van der Waals surface area contributed by atoms with Crippen LogP contribution in [0.15, 0.2) is 42.5 Å². The number of pyridine rings is 1. The van der Waals surface area contributed by atoms with Crippen LogP contribution < -0.4 is 9.47 Å². The summed E-state index contributed by atoms with van der Waals surface area (Å²) in [6.07, 6.45) is 0. The van der Waals surface area contributed by atoms with E-state index in [2.05, 4.69) is 4.98 Å². The highest BCUT2D eigenvalue weighted by Gasteiger charge is 2.24. The van der Waals surface area contributed by atoms with Crippen molar-refractivity contribution in [3.8, 4) is 22.8 Å². The lowest BCUT2D eigenvalue weighted by Crippen LogP contribution is -2.05. The molecule has 0 bridgehead atoms. The smallest absolute Gasteiger partial charge is 0.341 e. The molecule has 4 rings (SSSR count). The highest BCUT2D eigenvalue weighted by Crippen LogP contribution is 2.38. The molecule has 0 unspecified atom stereocenters. The summed E-state index contributed by atoms with van der Waals surface area (Å²) in [5.74, 6) is 0.874. The van der Waals surface area contributed by atoms with Crippen molar-refractivity contribution in [1.82, 2.24) is 9.97 Å². The van der Waals surface area contributed by atoms with Crippen molar-refractivity contribution in [1.29, 1.82) is 0 Å². The van der Waals surface area contributed by atoms with Crippen LogP contribution in [0.1, 0.15) is 10.4 Å². The predicted molar refractivity (Wildman–Crippen MR) is 108 cm³/mol. The van der Waals surface area contributed by atoms with Gasteiger partial charge in [0.15, 0.2) is 0 Å². The van der Waals surface area contributed by atoms with Crippen LogP contribution in [0.5, 0.6) is 11.5 Å². The van der Waals surface area contributed by atoms with E-state index in [0.29, 0.717) is 28.2 Å². The Kier molecular flexibility index (Phi) is 4.57. The first-order valence-electron chi connectivity index (χ1n) is 8.49. The van der Waals surface area contributed by atoms with Crippen molar-refractivity contribution in [3.63, 3.8) is 0 Å². The molecule has 0 aliphatic carbocycles. The van der Waals surface area contributed by atoms with Crippen molar-refractivity contribution in [2.45, 2.75) is 0 Å². The molecule has 6 nitrogen and oxygen atoms in total. The van der Waals surface area contributed by atoms with Crippen molar-refractivity contribution in [3.05, 3.63) is 53.1 Å². The summed E-state index contributed by atoms with van der Waals surface area (Å²) < 4.78 is 15.5. The molecule has 0 saturated heterocycles. The molecule has 0 spiro atoms. The van der Waals surface area contributed by atoms with Gasteiger partial charge >= 0.3 is 5.97 Å². The number of H-pyrrole nitrogens is 1. The maximum absolute atomic E-state index is 12.5. The maximum Gasteiger partial charge on any atom is 0.341 e. The number of ether oxygens (including phenoxy) is 3. The Morgan fingerprint density at radius 3 is 2.32 bits per heavy atom. The molecule has 0 amide bonds. The van der Waals surface area contributed by atoms with E-state index in [1.165, 1.54) is 7.11 Å². The van der Waals surface area contributed by atoms with Gasteiger partial charge in [-0.25, -0.2) is 9.78 Å². The van der Waals surface area contributed by atoms with Crippen LogP contribution in [-0.4, -0.2) is 37.3 Å². The van der Waals surface area contributed by atoms with E-state index in [1.54, 1.807) is 14.2 Å². The lowest BCUT2D eigenvalue weighted by atomic mass is 10.1. The normalized spacial score (nSPS) is 11.0. The van der Waals surface area contributed by atoms with Gasteiger partial charge in [-0.3, -0.25) is 0 Å².